The second-order valence-corrected chi connectivity index (χ2v) is 9.39. The van der Waals surface area contributed by atoms with E-state index in [1.54, 1.807) is 42.5 Å². The second kappa shape index (κ2) is 10.9. The molecule has 0 aliphatic heterocycles. The molecule has 0 aromatic heterocycles. The van der Waals surface area contributed by atoms with E-state index in [-0.39, 0.29) is 35.8 Å². The molecule has 0 bridgehead atoms. The number of carbonyl (C=O) groups is 2. The predicted octanol–water partition coefficient (Wildman–Crippen LogP) is 2.82. The highest BCUT2D eigenvalue weighted by molar-refractivity contribution is 7.89. The summed E-state index contributed by atoms with van der Waals surface area (Å²) in [4.78, 5) is 23.9. The number of anilines is 1. The summed E-state index contributed by atoms with van der Waals surface area (Å²) < 4.78 is 27.1. The fraction of sp³-hybridized carbons (Fsp3) is 0.364. The van der Waals surface area contributed by atoms with Gasteiger partial charge in [-0.05, 0) is 68.7 Å². The van der Waals surface area contributed by atoms with Gasteiger partial charge >= 0.3 is 6.03 Å². The van der Waals surface area contributed by atoms with Gasteiger partial charge < -0.3 is 16.0 Å². The third kappa shape index (κ3) is 8.03. The molecule has 0 atom stereocenters. The zero-order valence-corrected chi connectivity index (χ0v) is 19.1. The van der Waals surface area contributed by atoms with Crippen LogP contribution in [-0.4, -0.2) is 32.9 Å². The smallest absolute Gasteiger partial charge is 0.319 e. The molecule has 0 saturated heterocycles. The highest BCUT2D eigenvalue weighted by Gasteiger charge is 2.15. The number of urea groups is 1. The quantitative estimate of drug-likeness (QED) is 0.474. The maximum atomic E-state index is 12.3. The van der Waals surface area contributed by atoms with Gasteiger partial charge in [-0.3, -0.25) is 4.79 Å². The van der Waals surface area contributed by atoms with Crippen LogP contribution < -0.4 is 20.7 Å². The van der Waals surface area contributed by atoms with Crippen LogP contribution in [0.5, 0.6) is 0 Å². The van der Waals surface area contributed by atoms with Crippen molar-refractivity contribution in [2.24, 2.45) is 0 Å². The molecule has 0 aliphatic carbocycles. The van der Waals surface area contributed by atoms with Crippen LogP contribution in [0, 0.1) is 13.8 Å². The third-order valence-electron chi connectivity index (χ3n) is 4.55. The predicted molar refractivity (Wildman–Crippen MR) is 121 cm³/mol. The molecular formula is C22H30N4O4S. The Labute approximate surface area is 183 Å². The van der Waals surface area contributed by atoms with Crippen molar-refractivity contribution in [3.63, 3.8) is 0 Å². The Morgan fingerprint density at radius 1 is 0.968 bits per heavy atom. The van der Waals surface area contributed by atoms with E-state index in [0.717, 1.165) is 16.7 Å². The number of sulfonamides is 1. The summed E-state index contributed by atoms with van der Waals surface area (Å²) in [7, 11) is -3.65. The van der Waals surface area contributed by atoms with Gasteiger partial charge in [-0.1, -0.05) is 18.2 Å². The first-order valence-electron chi connectivity index (χ1n) is 10.1. The Balaban J connectivity index is 1.76. The molecule has 0 radical (unpaired) electrons. The van der Waals surface area contributed by atoms with Gasteiger partial charge in [-0.2, -0.15) is 0 Å². The monoisotopic (exact) mass is 446 g/mol. The van der Waals surface area contributed by atoms with Gasteiger partial charge in [0, 0.05) is 31.2 Å². The molecule has 8 nitrogen and oxygen atoms in total. The topological polar surface area (TPSA) is 116 Å². The maximum Gasteiger partial charge on any atom is 0.319 e. The minimum absolute atomic E-state index is 0.00884. The Morgan fingerprint density at radius 2 is 1.65 bits per heavy atom. The van der Waals surface area contributed by atoms with Gasteiger partial charge in [0.25, 0.3) is 0 Å². The van der Waals surface area contributed by atoms with E-state index in [2.05, 4.69) is 20.7 Å². The number of benzene rings is 2. The zero-order valence-electron chi connectivity index (χ0n) is 18.3. The van der Waals surface area contributed by atoms with E-state index in [4.69, 9.17) is 0 Å². The van der Waals surface area contributed by atoms with Crippen LogP contribution >= 0.6 is 0 Å². The molecule has 168 valence electrons. The fourth-order valence-corrected chi connectivity index (χ4v) is 3.80. The molecule has 9 heteroatoms. The third-order valence-corrected chi connectivity index (χ3v) is 6.01. The van der Waals surface area contributed by atoms with Crippen molar-refractivity contribution in [3.05, 3.63) is 59.2 Å². The molecule has 0 saturated carbocycles. The van der Waals surface area contributed by atoms with Crippen molar-refractivity contribution in [2.45, 2.75) is 51.6 Å². The van der Waals surface area contributed by atoms with E-state index >= 15 is 0 Å². The lowest BCUT2D eigenvalue weighted by Gasteiger charge is -2.11. The van der Waals surface area contributed by atoms with Crippen molar-refractivity contribution in [1.29, 1.82) is 0 Å². The average Bonchev–Trinajstić information content (AvgIpc) is 2.68. The summed E-state index contributed by atoms with van der Waals surface area (Å²) in [5.41, 5.74) is 3.41. The van der Waals surface area contributed by atoms with E-state index in [1.165, 1.54) is 0 Å². The first kappa shape index (κ1) is 24.4. The van der Waals surface area contributed by atoms with Crippen molar-refractivity contribution >= 4 is 27.6 Å². The first-order chi connectivity index (χ1) is 14.6. The van der Waals surface area contributed by atoms with Crippen LogP contribution in [0.15, 0.2) is 47.4 Å². The second-order valence-electron chi connectivity index (χ2n) is 7.62. The molecular weight excluding hydrogens is 416 g/mol. The summed E-state index contributed by atoms with van der Waals surface area (Å²) in [6, 6.07) is 11.8. The van der Waals surface area contributed by atoms with Gasteiger partial charge in [0.15, 0.2) is 0 Å². The van der Waals surface area contributed by atoms with Gasteiger partial charge in [0.2, 0.25) is 15.9 Å². The van der Waals surface area contributed by atoms with Crippen molar-refractivity contribution < 1.29 is 18.0 Å². The summed E-state index contributed by atoms with van der Waals surface area (Å²) in [6.45, 7) is 7.83. The van der Waals surface area contributed by atoms with Gasteiger partial charge in [0.1, 0.15) is 0 Å². The average molecular weight is 447 g/mol. The molecule has 2 rings (SSSR count). The Bertz CT molecular complexity index is 1020. The largest absolute Gasteiger partial charge is 0.352 e. The highest BCUT2D eigenvalue weighted by atomic mass is 32.2. The molecule has 31 heavy (non-hydrogen) atoms. The molecule has 2 aromatic carbocycles. The maximum absolute atomic E-state index is 12.3. The van der Waals surface area contributed by atoms with Crippen molar-refractivity contribution in [1.82, 2.24) is 15.4 Å². The SMILES string of the molecule is Cc1ccc(S(=O)(=O)NCCC(=O)NCc2ccc(NC(=O)NC(C)C)cc2)cc1C. The molecule has 0 heterocycles. The summed E-state index contributed by atoms with van der Waals surface area (Å²) in [5, 5.41) is 8.21. The lowest BCUT2D eigenvalue weighted by molar-refractivity contribution is -0.121. The molecule has 0 spiro atoms. The van der Waals surface area contributed by atoms with Crippen LogP contribution in [0.25, 0.3) is 0 Å². The lowest BCUT2D eigenvalue weighted by atomic mass is 10.1. The van der Waals surface area contributed by atoms with Gasteiger partial charge in [-0.25, -0.2) is 17.9 Å². The number of rotatable bonds is 9. The number of aryl methyl sites for hydroxylation is 2. The minimum Gasteiger partial charge on any atom is -0.352 e. The summed E-state index contributed by atoms with van der Waals surface area (Å²) in [6.07, 6.45) is 0.0269. The standard InChI is InChI=1S/C22H30N4O4S/c1-15(2)25-22(28)26-19-8-6-18(7-9-19)14-23-21(27)11-12-24-31(29,30)20-10-5-16(3)17(4)13-20/h5-10,13,15,24H,11-12,14H2,1-4H3,(H,23,27)(H2,25,26,28). The molecule has 2 aromatic rings. The Kier molecular flexibility index (Phi) is 8.58. The van der Waals surface area contributed by atoms with E-state index < -0.39 is 10.0 Å². The molecule has 0 aliphatic rings. The van der Waals surface area contributed by atoms with Crippen LogP contribution in [-0.2, 0) is 21.4 Å². The molecule has 0 unspecified atom stereocenters. The summed E-state index contributed by atoms with van der Waals surface area (Å²) in [5.74, 6) is -0.263. The van der Waals surface area contributed by atoms with Gasteiger partial charge in [-0.15, -0.1) is 0 Å². The fourth-order valence-electron chi connectivity index (χ4n) is 2.69. The van der Waals surface area contributed by atoms with E-state index in [0.29, 0.717) is 12.2 Å². The van der Waals surface area contributed by atoms with E-state index in [9.17, 15) is 18.0 Å². The Morgan fingerprint density at radius 3 is 2.26 bits per heavy atom. The molecule has 0 fully saturated rings. The molecule has 3 amide bonds. The number of carbonyl (C=O) groups excluding carboxylic acids is 2. The normalized spacial score (nSPS) is 11.3. The number of hydrogen-bond acceptors (Lipinski definition) is 4. The minimum atomic E-state index is -3.65. The van der Waals surface area contributed by atoms with Crippen molar-refractivity contribution in [2.75, 3.05) is 11.9 Å². The number of nitrogens with one attached hydrogen (secondary N) is 4. The van der Waals surface area contributed by atoms with Gasteiger partial charge in [0.05, 0.1) is 4.90 Å². The Hall–Kier alpha value is -2.91. The van der Waals surface area contributed by atoms with Crippen LogP contribution in [0.3, 0.4) is 0 Å². The van der Waals surface area contributed by atoms with E-state index in [1.807, 2.05) is 27.7 Å². The first-order valence-corrected chi connectivity index (χ1v) is 11.5. The van der Waals surface area contributed by atoms with Crippen LogP contribution in [0.4, 0.5) is 10.5 Å². The zero-order chi connectivity index (χ0) is 23.0. The number of amides is 3. The lowest BCUT2D eigenvalue weighted by Crippen LogP contribution is -2.34. The summed E-state index contributed by atoms with van der Waals surface area (Å²) >= 11 is 0. The van der Waals surface area contributed by atoms with Crippen LogP contribution in [0.2, 0.25) is 0 Å². The highest BCUT2D eigenvalue weighted by Crippen LogP contribution is 2.14. The number of hydrogen-bond donors (Lipinski definition) is 4. The molecule has 4 N–H and O–H groups in total. The van der Waals surface area contributed by atoms with Crippen LogP contribution in [0.1, 0.15) is 37.0 Å². The van der Waals surface area contributed by atoms with Crippen molar-refractivity contribution in [3.8, 4) is 0 Å².